The van der Waals surface area contributed by atoms with Crippen molar-refractivity contribution in [3.05, 3.63) is 24.0 Å². The molecule has 0 bridgehead atoms. The maximum Gasteiger partial charge on any atom is 0.307 e. The lowest BCUT2D eigenvalue weighted by Crippen LogP contribution is -2.36. The van der Waals surface area contributed by atoms with Gasteiger partial charge in [0.15, 0.2) is 0 Å². The van der Waals surface area contributed by atoms with E-state index in [0.29, 0.717) is 18.5 Å². The highest BCUT2D eigenvalue weighted by Gasteiger charge is 2.35. The van der Waals surface area contributed by atoms with Gasteiger partial charge in [0.05, 0.1) is 23.2 Å². The van der Waals surface area contributed by atoms with Gasteiger partial charge in [-0.2, -0.15) is 0 Å². The number of anilines is 1. The topological polar surface area (TPSA) is 79.3 Å². The number of carbonyl (C=O) groups excluding carboxylic acids is 1. The monoisotopic (exact) mass is 262 g/mol. The number of aromatic nitrogens is 1. The van der Waals surface area contributed by atoms with Crippen LogP contribution in [0.1, 0.15) is 31.4 Å². The quantitative estimate of drug-likeness (QED) is 0.875. The molecular formula is C14H18N2O3. The molecule has 0 aromatic carbocycles. The number of nitrogens with one attached hydrogen (secondary N) is 1. The average molecular weight is 262 g/mol. The number of carboxylic acids is 1. The third-order valence-corrected chi connectivity index (χ3v) is 3.68. The van der Waals surface area contributed by atoms with Crippen LogP contribution in [0.2, 0.25) is 0 Å². The second-order valence-electron chi connectivity index (χ2n) is 4.96. The summed E-state index contributed by atoms with van der Waals surface area (Å²) in [5, 5.41) is 12.0. The Balaban J connectivity index is 2.10. The summed E-state index contributed by atoms with van der Waals surface area (Å²) in [7, 11) is 0. The van der Waals surface area contributed by atoms with Crippen molar-refractivity contribution in [1.29, 1.82) is 0 Å². The van der Waals surface area contributed by atoms with E-state index in [1.54, 1.807) is 18.3 Å². The standard InChI is InChI=1S/C14H18N2O3/c1-9-12(7-4-8-15-9)16-13(17)10-5-2-3-6-11(10)14(18)19/h4,7-8,10-11H,2-3,5-6H2,1H3,(H,16,17)(H,18,19). The Morgan fingerprint density at radius 1 is 1.32 bits per heavy atom. The molecule has 2 rings (SSSR count). The van der Waals surface area contributed by atoms with Gasteiger partial charge in [-0.1, -0.05) is 12.8 Å². The van der Waals surface area contributed by atoms with E-state index in [0.717, 1.165) is 18.5 Å². The fourth-order valence-corrected chi connectivity index (χ4v) is 2.58. The number of hydrogen-bond acceptors (Lipinski definition) is 3. The van der Waals surface area contributed by atoms with Crippen molar-refractivity contribution in [2.75, 3.05) is 5.32 Å². The number of aliphatic carboxylic acids is 1. The number of pyridine rings is 1. The first kappa shape index (κ1) is 13.5. The maximum absolute atomic E-state index is 12.2. The Kier molecular flexibility index (Phi) is 4.14. The van der Waals surface area contributed by atoms with Gasteiger partial charge < -0.3 is 10.4 Å². The molecule has 2 unspecified atom stereocenters. The van der Waals surface area contributed by atoms with Crippen LogP contribution in [0.15, 0.2) is 18.3 Å². The Hall–Kier alpha value is -1.91. The zero-order chi connectivity index (χ0) is 13.8. The van der Waals surface area contributed by atoms with Gasteiger partial charge in [-0.25, -0.2) is 0 Å². The summed E-state index contributed by atoms with van der Waals surface area (Å²) >= 11 is 0. The summed E-state index contributed by atoms with van der Waals surface area (Å²) in [6.45, 7) is 1.81. The molecular weight excluding hydrogens is 244 g/mol. The molecule has 1 saturated carbocycles. The third-order valence-electron chi connectivity index (χ3n) is 3.68. The number of amides is 1. The van der Waals surface area contributed by atoms with E-state index in [-0.39, 0.29) is 5.91 Å². The number of rotatable bonds is 3. The molecule has 2 atom stereocenters. The number of carbonyl (C=O) groups is 2. The molecule has 0 saturated heterocycles. The summed E-state index contributed by atoms with van der Waals surface area (Å²) in [4.78, 5) is 27.5. The highest BCUT2D eigenvalue weighted by Crippen LogP contribution is 2.31. The summed E-state index contributed by atoms with van der Waals surface area (Å²) < 4.78 is 0. The van der Waals surface area contributed by atoms with Crippen LogP contribution < -0.4 is 5.32 Å². The predicted octanol–water partition coefficient (Wildman–Crippen LogP) is 2.22. The zero-order valence-electron chi connectivity index (χ0n) is 10.9. The van der Waals surface area contributed by atoms with Gasteiger partial charge in [0.1, 0.15) is 0 Å². The van der Waals surface area contributed by atoms with Gasteiger partial charge in [0, 0.05) is 6.20 Å². The lowest BCUT2D eigenvalue weighted by molar-refractivity contribution is -0.147. The molecule has 1 aliphatic carbocycles. The highest BCUT2D eigenvalue weighted by atomic mass is 16.4. The second-order valence-corrected chi connectivity index (χ2v) is 4.96. The van der Waals surface area contributed by atoms with Crippen molar-refractivity contribution in [3.63, 3.8) is 0 Å². The first-order valence-electron chi connectivity index (χ1n) is 6.55. The molecule has 1 aromatic rings. The van der Waals surface area contributed by atoms with Gasteiger partial charge >= 0.3 is 5.97 Å². The molecule has 1 aliphatic rings. The maximum atomic E-state index is 12.2. The van der Waals surface area contributed by atoms with Crippen LogP contribution in [0.3, 0.4) is 0 Å². The number of hydrogen-bond donors (Lipinski definition) is 2. The van der Waals surface area contributed by atoms with Gasteiger partial charge in [0.2, 0.25) is 5.91 Å². The molecule has 102 valence electrons. The van der Waals surface area contributed by atoms with Crippen LogP contribution in [0.4, 0.5) is 5.69 Å². The first-order chi connectivity index (χ1) is 9.09. The van der Waals surface area contributed by atoms with Crippen LogP contribution in [-0.2, 0) is 9.59 Å². The van der Waals surface area contributed by atoms with Crippen LogP contribution in [0.5, 0.6) is 0 Å². The van der Waals surface area contributed by atoms with Crippen LogP contribution in [-0.4, -0.2) is 22.0 Å². The van der Waals surface area contributed by atoms with Gasteiger partial charge in [-0.05, 0) is 31.9 Å². The SMILES string of the molecule is Cc1ncccc1NC(=O)C1CCCCC1C(=O)O. The average Bonchev–Trinajstić information content (AvgIpc) is 2.41. The first-order valence-corrected chi connectivity index (χ1v) is 6.55. The van der Waals surface area contributed by atoms with Crippen LogP contribution in [0.25, 0.3) is 0 Å². The van der Waals surface area contributed by atoms with Gasteiger partial charge in [0.25, 0.3) is 0 Å². The molecule has 2 N–H and O–H groups in total. The molecule has 19 heavy (non-hydrogen) atoms. The Morgan fingerprint density at radius 2 is 2.00 bits per heavy atom. The second kappa shape index (κ2) is 5.82. The van der Waals surface area contributed by atoms with Gasteiger partial charge in [-0.3, -0.25) is 14.6 Å². The summed E-state index contributed by atoms with van der Waals surface area (Å²) in [5.74, 6) is -2.08. The summed E-state index contributed by atoms with van der Waals surface area (Å²) in [6, 6.07) is 3.52. The molecule has 1 fully saturated rings. The predicted molar refractivity (Wildman–Crippen MR) is 70.7 cm³/mol. The largest absolute Gasteiger partial charge is 0.481 e. The van der Waals surface area contributed by atoms with Crippen molar-refractivity contribution in [3.8, 4) is 0 Å². The normalized spacial score (nSPS) is 22.8. The fourth-order valence-electron chi connectivity index (χ4n) is 2.58. The molecule has 0 radical (unpaired) electrons. The zero-order valence-corrected chi connectivity index (χ0v) is 10.9. The van der Waals surface area contributed by atoms with E-state index >= 15 is 0 Å². The highest BCUT2D eigenvalue weighted by molar-refractivity contribution is 5.95. The van der Waals surface area contributed by atoms with Crippen molar-refractivity contribution >= 4 is 17.6 Å². The molecule has 0 aliphatic heterocycles. The minimum absolute atomic E-state index is 0.205. The smallest absolute Gasteiger partial charge is 0.307 e. The van der Waals surface area contributed by atoms with E-state index in [9.17, 15) is 14.7 Å². The minimum Gasteiger partial charge on any atom is -0.481 e. The fraction of sp³-hybridized carbons (Fsp3) is 0.500. The van der Waals surface area contributed by atoms with Crippen molar-refractivity contribution in [2.45, 2.75) is 32.6 Å². The Labute approximate surface area is 112 Å². The van der Waals surface area contributed by atoms with E-state index in [1.807, 2.05) is 6.92 Å². The molecule has 1 amide bonds. The van der Waals surface area contributed by atoms with E-state index in [1.165, 1.54) is 0 Å². The Bertz CT molecular complexity index is 487. The third kappa shape index (κ3) is 3.10. The van der Waals surface area contributed by atoms with Crippen molar-refractivity contribution in [1.82, 2.24) is 4.98 Å². The number of aryl methyl sites for hydroxylation is 1. The molecule has 5 nitrogen and oxygen atoms in total. The summed E-state index contributed by atoms with van der Waals surface area (Å²) in [5.41, 5.74) is 1.39. The molecule has 5 heteroatoms. The molecule has 1 heterocycles. The lowest BCUT2D eigenvalue weighted by Gasteiger charge is -2.27. The number of nitrogens with zero attached hydrogens (tertiary/aromatic N) is 1. The van der Waals surface area contributed by atoms with Crippen molar-refractivity contribution < 1.29 is 14.7 Å². The van der Waals surface area contributed by atoms with Crippen LogP contribution in [0, 0.1) is 18.8 Å². The Morgan fingerprint density at radius 3 is 2.63 bits per heavy atom. The molecule has 0 spiro atoms. The van der Waals surface area contributed by atoms with Crippen molar-refractivity contribution in [2.24, 2.45) is 11.8 Å². The van der Waals surface area contributed by atoms with Crippen LogP contribution >= 0.6 is 0 Å². The van der Waals surface area contributed by atoms with E-state index in [4.69, 9.17) is 0 Å². The molecule has 1 aromatic heterocycles. The minimum atomic E-state index is -0.872. The summed E-state index contributed by atoms with van der Waals surface area (Å²) in [6.07, 6.45) is 4.67. The lowest BCUT2D eigenvalue weighted by atomic mass is 9.78. The van der Waals surface area contributed by atoms with E-state index in [2.05, 4.69) is 10.3 Å². The number of carboxylic acid groups (broad SMARTS) is 1. The van der Waals surface area contributed by atoms with Gasteiger partial charge in [-0.15, -0.1) is 0 Å². The van der Waals surface area contributed by atoms with E-state index < -0.39 is 17.8 Å².